The number of nitrogens with two attached hydrogens (primary N) is 4. The third-order valence-electron chi connectivity index (χ3n) is 15.8. The van der Waals surface area contributed by atoms with Crippen LogP contribution in [0.2, 0.25) is 0 Å². The van der Waals surface area contributed by atoms with Crippen LogP contribution in [-0.2, 0) is 54.4 Å². The van der Waals surface area contributed by atoms with E-state index < -0.39 is 139 Å². The van der Waals surface area contributed by atoms with Crippen molar-refractivity contribution in [3.8, 4) is 0 Å². The van der Waals surface area contributed by atoms with Crippen molar-refractivity contribution in [2.24, 2.45) is 52.0 Å². The number of aliphatic hydroxyl groups is 2. The highest BCUT2D eigenvalue weighted by atomic mass is 16.3. The second-order valence-electron chi connectivity index (χ2n) is 23.2. The van der Waals surface area contributed by atoms with Gasteiger partial charge in [0.25, 0.3) is 0 Å². The summed E-state index contributed by atoms with van der Waals surface area (Å²) in [4.78, 5) is 141. The van der Waals surface area contributed by atoms with Gasteiger partial charge in [-0.1, -0.05) is 44.2 Å². The molecule has 6 rings (SSSR count). The van der Waals surface area contributed by atoms with E-state index in [9.17, 15) is 58.2 Å². The molecule has 11 atom stereocenters. The van der Waals surface area contributed by atoms with E-state index in [4.69, 9.17) is 22.9 Å². The minimum absolute atomic E-state index is 0.0650. The smallest absolute Gasteiger partial charge is 0.245 e. The van der Waals surface area contributed by atoms with Crippen molar-refractivity contribution in [2.75, 3.05) is 32.7 Å². The van der Waals surface area contributed by atoms with Crippen LogP contribution in [0.15, 0.2) is 30.3 Å². The molecule has 5 fully saturated rings. The van der Waals surface area contributed by atoms with Gasteiger partial charge in [-0.25, -0.2) is 0 Å². The van der Waals surface area contributed by atoms with Crippen molar-refractivity contribution in [3.05, 3.63) is 35.9 Å². The Morgan fingerprint density at radius 2 is 1.09 bits per heavy atom. The van der Waals surface area contributed by atoms with Gasteiger partial charge in [0.05, 0.1) is 12.2 Å². The monoisotopic (exact) mass is 1140 g/mol. The molecule has 4 unspecified atom stereocenters. The molecule has 26 heteroatoms. The summed E-state index contributed by atoms with van der Waals surface area (Å²) in [5.74, 6) is -6.90. The van der Waals surface area contributed by atoms with E-state index in [2.05, 4.69) is 53.2 Å². The highest BCUT2D eigenvalue weighted by Crippen LogP contribution is 2.61. The van der Waals surface area contributed by atoms with Crippen LogP contribution in [-0.4, -0.2) is 169 Å². The molecule has 4 aliphatic carbocycles. The number of carbonyl (C=O) groups excluding carboxylic acids is 10. The first-order chi connectivity index (χ1) is 38.5. The third-order valence-corrected chi connectivity index (χ3v) is 15.8. The van der Waals surface area contributed by atoms with Crippen LogP contribution in [0.25, 0.3) is 0 Å². The van der Waals surface area contributed by atoms with Gasteiger partial charge in [0, 0.05) is 19.4 Å². The molecule has 452 valence electrons. The standard InChI is InChI=1S/C55H90N14O12/c1-29(2)20-41-51(78)63-36(10-15-56)46(73)62-39(13-18-59)50(77)69-44(30(3)70)53(80)60-19-14-40(49(76)61-37(11-16-57)48(75)67-42(52(79)66-41)24-32-8-6-5-7-9-32)64-47(74)38(12-17-58)65-54(81)45(31(4)71)68-43(72)28-55-25-33-21-34(26-55)23-35(22-33)27-55/h5-9,29-31,33-42,44-45,70-71H,10-28,56-59H2,1-4H3,(H,60,80)(H,61,76)(H,62,73)(H,63,78)(H,64,74)(H,65,81)(H,66,79)(H,67,75)(H,68,72)(H,69,77)/t30-,31-,33?,34?,35?,36?,37+,38+,39+,40?,41?,42?,44+,45+,55?/m1/s1. The van der Waals surface area contributed by atoms with Crippen LogP contribution in [0.4, 0.5) is 0 Å². The summed E-state index contributed by atoms with van der Waals surface area (Å²) in [5, 5.41) is 47.7. The molecule has 1 aliphatic heterocycles. The van der Waals surface area contributed by atoms with Gasteiger partial charge in [-0.2, -0.15) is 0 Å². The van der Waals surface area contributed by atoms with Gasteiger partial charge in [-0.05, 0) is 152 Å². The first kappa shape index (κ1) is 65.5. The Morgan fingerprint density at radius 1 is 0.605 bits per heavy atom. The van der Waals surface area contributed by atoms with E-state index in [0.29, 0.717) is 23.3 Å². The van der Waals surface area contributed by atoms with Crippen LogP contribution >= 0.6 is 0 Å². The normalized spacial score (nSPS) is 29.5. The second-order valence-corrected chi connectivity index (χ2v) is 23.2. The summed E-state index contributed by atoms with van der Waals surface area (Å²) < 4.78 is 0. The van der Waals surface area contributed by atoms with Crippen molar-refractivity contribution < 1.29 is 58.2 Å². The molecule has 0 aromatic heterocycles. The Bertz CT molecular complexity index is 2310. The lowest BCUT2D eigenvalue weighted by Gasteiger charge is -2.56. The molecule has 0 spiro atoms. The zero-order valence-corrected chi connectivity index (χ0v) is 47.3. The highest BCUT2D eigenvalue weighted by molar-refractivity contribution is 5.99. The average Bonchev–Trinajstić information content (AvgIpc) is 3.47. The summed E-state index contributed by atoms with van der Waals surface area (Å²) >= 11 is 0. The van der Waals surface area contributed by atoms with Crippen LogP contribution in [0.1, 0.15) is 117 Å². The molecular formula is C55H90N14O12. The Kier molecular flexibility index (Phi) is 25.2. The fraction of sp³-hybridized carbons (Fsp3) is 0.709. The number of hydrogen-bond acceptors (Lipinski definition) is 16. The highest BCUT2D eigenvalue weighted by Gasteiger charge is 2.52. The van der Waals surface area contributed by atoms with E-state index in [1.54, 1.807) is 44.2 Å². The summed E-state index contributed by atoms with van der Waals surface area (Å²) in [6.45, 7) is 5.20. The lowest BCUT2D eigenvalue weighted by atomic mass is 9.49. The maximum Gasteiger partial charge on any atom is 0.245 e. The summed E-state index contributed by atoms with van der Waals surface area (Å²) in [6, 6.07) is -4.38. The van der Waals surface area contributed by atoms with E-state index >= 15 is 0 Å². The lowest BCUT2D eigenvalue weighted by molar-refractivity contribution is -0.138. The van der Waals surface area contributed by atoms with Crippen LogP contribution < -0.4 is 76.1 Å². The van der Waals surface area contributed by atoms with Gasteiger partial charge in [0.2, 0.25) is 59.1 Å². The molecule has 4 saturated carbocycles. The number of aliphatic hydroxyl groups excluding tert-OH is 2. The van der Waals surface area contributed by atoms with Gasteiger partial charge in [0.15, 0.2) is 0 Å². The minimum atomic E-state index is -1.65. The van der Waals surface area contributed by atoms with Crippen molar-refractivity contribution in [1.29, 1.82) is 0 Å². The first-order valence-electron chi connectivity index (χ1n) is 28.7. The van der Waals surface area contributed by atoms with Gasteiger partial charge in [0.1, 0.15) is 54.4 Å². The molecule has 20 N–H and O–H groups in total. The van der Waals surface area contributed by atoms with E-state index in [1.165, 1.54) is 33.1 Å². The fourth-order valence-electron chi connectivity index (χ4n) is 12.3. The van der Waals surface area contributed by atoms with Crippen molar-refractivity contribution in [2.45, 2.75) is 184 Å². The van der Waals surface area contributed by atoms with Crippen molar-refractivity contribution in [3.63, 3.8) is 0 Å². The van der Waals surface area contributed by atoms with Crippen LogP contribution in [0, 0.1) is 29.1 Å². The van der Waals surface area contributed by atoms with Gasteiger partial charge in [-0.3, -0.25) is 47.9 Å². The molecule has 4 bridgehead atoms. The maximum atomic E-state index is 14.5. The zero-order chi connectivity index (χ0) is 59.6. The molecule has 81 heavy (non-hydrogen) atoms. The summed E-state index contributed by atoms with van der Waals surface area (Å²) in [5.41, 5.74) is 24.1. The predicted molar refractivity (Wildman–Crippen MR) is 298 cm³/mol. The fourth-order valence-corrected chi connectivity index (χ4v) is 12.3. The molecule has 1 heterocycles. The number of carbonyl (C=O) groups is 10. The molecule has 1 aromatic carbocycles. The lowest BCUT2D eigenvalue weighted by Crippen LogP contribution is -2.61. The number of nitrogens with one attached hydrogen (secondary N) is 10. The predicted octanol–water partition coefficient (Wildman–Crippen LogP) is -4.08. The average molecular weight is 1140 g/mol. The van der Waals surface area contributed by atoms with E-state index in [1.807, 2.05) is 0 Å². The molecular weight excluding hydrogens is 1050 g/mol. The summed E-state index contributed by atoms with van der Waals surface area (Å²) in [7, 11) is 0. The molecule has 1 aromatic rings. The van der Waals surface area contributed by atoms with Gasteiger partial charge in [-0.15, -0.1) is 0 Å². The second kappa shape index (κ2) is 31.2. The van der Waals surface area contributed by atoms with Crippen LogP contribution in [0.5, 0.6) is 0 Å². The maximum absolute atomic E-state index is 14.5. The third kappa shape index (κ3) is 19.4. The Balaban J connectivity index is 1.45. The number of amides is 10. The quantitative estimate of drug-likeness (QED) is 0.0557. The molecule has 26 nitrogen and oxygen atoms in total. The van der Waals surface area contributed by atoms with Gasteiger partial charge < -0.3 is 86.3 Å². The van der Waals surface area contributed by atoms with Gasteiger partial charge >= 0.3 is 0 Å². The Morgan fingerprint density at radius 3 is 1.58 bits per heavy atom. The largest absolute Gasteiger partial charge is 0.391 e. The van der Waals surface area contributed by atoms with Crippen LogP contribution in [0.3, 0.4) is 0 Å². The summed E-state index contributed by atoms with van der Waals surface area (Å²) in [6.07, 6.45) is 2.49. The van der Waals surface area contributed by atoms with E-state index in [0.717, 1.165) is 19.3 Å². The minimum Gasteiger partial charge on any atom is -0.391 e. The SMILES string of the molecule is CC(C)CC1NC(=O)C(Cc2ccccc2)NC(=O)[C@H](CCN)NC(=O)C(NC(=O)[C@H](CCN)NC(=O)[C@@H](NC(=O)CC23CC4CC(CC(C4)C2)C3)[C@@H](C)O)CCNC(=O)[C@H]([C@@H](C)O)NC(=O)[C@H](CCN)NC(=O)C(CCN)NC1=O. The Hall–Kier alpha value is -6.32. The molecule has 0 radical (unpaired) electrons. The zero-order valence-electron chi connectivity index (χ0n) is 47.3. The molecule has 5 aliphatic rings. The number of rotatable bonds is 21. The van der Waals surface area contributed by atoms with Crippen molar-refractivity contribution >= 4 is 59.1 Å². The van der Waals surface area contributed by atoms with Crippen molar-refractivity contribution in [1.82, 2.24) is 53.2 Å². The molecule has 10 amide bonds. The molecule has 1 saturated heterocycles. The number of hydrogen-bond donors (Lipinski definition) is 16. The first-order valence-corrected chi connectivity index (χ1v) is 28.7. The van der Waals surface area contributed by atoms with E-state index in [-0.39, 0.29) is 82.5 Å². The Labute approximate surface area is 473 Å². The number of benzene rings is 1. The topological polar surface area (TPSA) is 436 Å².